The van der Waals surface area contributed by atoms with Gasteiger partial charge in [-0.15, -0.1) is 0 Å². The molecule has 0 saturated carbocycles. The number of aromatic carboxylic acids is 1. The zero-order valence-corrected chi connectivity index (χ0v) is 22.4. The van der Waals surface area contributed by atoms with Crippen LogP contribution in [-0.2, 0) is 6.61 Å². The van der Waals surface area contributed by atoms with Crippen molar-refractivity contribution in [3.05, 3.63) is 114 Å². The Labute approximate surface area is 229 Å². The minimum Gasteiger partial charge on any atom is -0.488 e. The van der Waals surface area contributed by atoms with E-state index >= 15 is 0 Å². The van der Waals surface area contributed by atoms with Crippen LogP contribution in [-0.4, -0.2) is 56.1 Å². The van der Waals surface area contributed by atoms with E-state index in [-0.39, 0.29) is 17.9 Å². The van der Waals surface area contributed by atoms with E-state index in [1.807, 2.05) is 93.9 Å². The van der Waals surface area contributed by atoms with Crippen LogP contribution in [0.3, 0.4) is 0 Å². The molecule has 0 aliphatic heterocycles. The molecule has 0 aromatic heterocycles. The lowest BCUT2D eigenvalue weighted by Gasteiger charge is -2.23. The Hall–Kier alpha value is -4.62. The molecule has 4 aromatic carbocycles. The number of carboxylic acids is 1. The van der Waals surface area contributed by atoms with Crippen LogP contribution in [0.2, 0.25) is 0 Å². The van der Waals surface area contributed by atoms with Crippen molar-refractivity contribution in [3.63, 3.8) is 0 Å². The van der Waals surface area contributed by atoms with Crippen LogP contribution in [0.4, 0.5) is 11.4 Å². The van der Waals surface area contributed by atoms with Crippen molar-refractivity contribution in [2.75, 3.05) is 44.4 Å². The molecule has 0 unspecified atom stereocenters. The SMILES string of the molecule is CN(C)CCN(C)c1ccc(C(=O)Nc2cc(-c3ccccc3)ccc2C(=O)O)c(OCc2ccccc2)c1. The normalized spacial score (nSPS) is 10.8. The van der Waals surface area contributed by atoms with Crippen LogP contribution >= 0.6 is 0 Å². The van der Waals surface area contributed by atoms with Gasteiger partial charge in [0.15, 0.2) is 0 Å². The molecule has 0 aliphatic rings. The maximum Gasteiger partial charge on any atom is 0.337 e. The second-order valence-corrected chi connectivity index (χ2v) is 9.57. The molecule has 0 bridgehead atoms. The number of nitrogens with zero attached hydrogens (tertiary/aromatic N) is 2. The fourth-order valence-corrected chi connectivity index (χ4v) is 4.10. The van der Waals surface area contributed by atoms with E-state index in [2.05, 4.69) is 15.1 Å². The number of benzene rings is 4. The Kier molecular flexibility index (Phi) is 8.97. The van der Waals surface area contributed by atoms with Gasteiger partial charge in [0, 0.05) is 31.9 Å². The number of rotatable bonds is 11. The molecule has 0 heterocycles. The van der Waals surface area contributed by atoms with Gasteiger partial charge in [0.25, 0.3) is 5.91 Å². The van der Waals surface area contributed by atoms with Gasteiger partial charge in [0.1, 0.15) is 12.4 Å². The first-order valence-corrected chi connectivity index (χ1v) is 12.7. The van der Waals surface area contributed by atoms with Crippen LogP contribution < -0.4 is 15.0 Å². The highest BCUT2D eigenvalue weighted by Gasteiger charge is 2.19. The minimum atomic E-state index is -1.12. The monoisotopic (exact) mass is 523 g/mol. The second-order valence-electron chi connectivity index (χ2n) is 9.57. The first-order chi connectivity index (χ1) is 18.8. The highest BCUT2D eigenvalue weighted by atomic mass is 16.5. The molecular formula is C32H33N3O4. The summed E-state index contributed by atoms with van der Waals surface area (Å²) in [5, 5.41) is 12.6. The lowest BCUT2D eigenvalue weighted by molar-refractivity contribution is 0.0698. The first kappa shape index (κ1) is 27.4. The number of anilines is 2. The Morgan fingerprint density at radius 3 is 2.10 bits per heavy atom. The van der Waals surface area contributed by atoms with Crippen LogP contribution in [0.1, 0.15) is 26.3 Å². The minimum absolute atomic E-state index is 0.00910. The summed E-state index contributed by atoms with van der Waals surface area (Å²) >= 11 is 0. The fourth-order valence-electron chi connectivity index (χ4n) is 4.10. The molecule has 4 aromatic rings. The van der Waals surface area contributed by atoms with E-state index in [1.54, 1.807) is 18.2 Å². The molecule has 7 heteroatoms. The Morgan fingerprint density at radius 2 is 1.44 bits per heavy atom. The van der Waals surface area contributed by atoms with E-state index in [0.717, 1.165) is 35.5 Å². The quantitative estimate of drug-likeness (QED) is 0.256. The van der Waals surface area contributed by atoms with Crippen LogP contribution in [0.15, 0.2) is 97.1 Å². The van der Waals surface area contributed by atoms with Crippen LogP contribution in [0.25, 0.3) is 11.1 Å². The maximum atomic E-state index is 13.6. The molecule has 2 N–H and O–H groups in total. The molecule has 4 rings (SSSR count). The van der Waals surface area contributed by atoms with Gasteiger partial charge in [-0.3, -0.25) is 4.79 Å². The van der Waals surface area contributed by atoms with Gasteiger partial charge in [-0.2, -0.15) is 0 Å². The van der Waals surface area contributed by atoms with Crippen molar-refractivity contribution >= 4 is 23.3 Å². The molecule has 39 heavy (non-hydrogen) atoms. The number of carbonyl (C=O) groups excluding carboxylic acids is 1. The van der Waals surface area contributed by atoms with Gasteiger partial charge in [0.05, 0.1) is 16.8 Å². The summed E-state index contributed by atoms with van der Waals surface area (Å²) in [6, 6.07) is 29.7. The maximum absolute atomic E-state index is 13.6. The Bertz CT molecular complexity index is 1420. The van der Waals surface area contributed by atoms with Gasteiger partial charge in [0.2, 0.25) is 0 Å². The molecule has 0 atom stereocenters. The second kappa shape index (κ2) is 12.8. The van der Waals surface area contributed by atoms with E-state index < -0.39 is 11.9 Å². The third-order valence-corrected chi connectivity index (χ3v) is 6.38. The van der Waals surface area contributed by atoms with E-state index in [9.17, 15) is 14.7 Å². The van der Waals surface area contributed by atoms with E-state index in [1.165, 1.54) is 6.07 Å². The van der Waals surface area contributed by atoms with Crippen molar-refractivity contribution in [3.8, 4) is 16.9 Å². The molecule has 7 nitrogen and oxygen atoms in total. The predicted octanol–water partition coefficient (Wildman–Crippen LogP) is 5.88. The lowest BCUT2D eigenvalue weighted by Crippen LogP contribution is -2.28. The zero-order valence-electron chi connectivity index (χ0n) is 22.4. The van der Waals surface area contributed by atoms with Crippen LogP contribution in [0, 0.1) is 0 Å². The predicted molar refractivity (Wildman–Crippen MR) is 156 cm³/mol. The zero-order chi connectivity index (χ0) is 27.8. The number of ether oxygens (including phenoxy) is 1. The van der Waals surface area contributed by atoms with Gasteiger partial charge >= 0.3 is 5.97 Å². The number of likely N-dealkylation sites (N-methyl/N-ethyl adjacent to an activating group) is 2. The molecule has 1 amide bonds. The smallest absolute Gasteiger partial charge is 0.337 e. The number of amides is 1. The number of nitrogens with one attached hydrogen (secondary N) is 1. The molecule has 0 spiro atoms. The number of carbonyl (C=O) groups is 2. The summed E-state index contributed by atoms with van der Waals surface area (Å²) in [5.74, 6) is -1.15. The molecule has 0 aliphatic carbocycles. The third kappa shape index (κ3) is 7.24. The highest BCUT2D eigenvalue weighted by Crippen LogP contribution is 2.30. The highest BCUT2D eigenvalue weighted by molar-refractivity contribution is 6.09. The summed E-state index contributed by atoms with van der Waals surface area (Å²) in [6.45, 7) is 1.95. The topological polar surface area (TPSA) is 82.1 Å². The molecule has 0 fully saturated rings. The number of carboxylic acid groups (broad SMARTS) is 1. The summed E-state index contributed by atoms with van der Waals surface area (Å²) < 4.78 is 6.15. The molecule has 0 saturated heterocycles. The van der Waals surface area contributed by atoms with Crippen molar-refractivity contribution in [1.82, 2.24) is 4.90 Å². The van der Waals surface area contributed by atoms with Crippen LogP contribution in [0.5, 0.6) is 5.75 Å². The number of hydrogen-bond donors (Lipinski definition) is 2. The van der Waals surface area contributed by atoms with E-state index in [4.69, 9.17) is 4.74 Å². The van der Waals surface area contributed by atoms with Gasteiger partial charge in [-0.05, 0) is 55.1 Å². The Balaban J connectivity index is 1.65. The first-order valence-electron chi connectivity index (χ1n) is 12.7. The standard InChI is InChI=1S/C32H33N3O4/c1-34(2)18-19-35(3)26-15-17-28(30(21-26)39-22-23-10-6-4-7-11-23)31(36)33-29-20-25(14-16-27(29)32(37)38)24-12-8-5-9-13-24/h4-17,20-21H,18-19,22H2,1-3H3,(H,33,36)(H,37,38). The number of hydrogen-bond acceptors (Lipinski definition) is 5. The van der Waals surface area contributed by atoms with Crippen molar-refractivity contribution in [1.29, 1.82) is 0 Å². The summed E-state index contributed by atoms with van der Waals surface area (Å²) in [5.41, 5.74) is 4.14. The average Bonchev–Trinajstić information content (AvgIpc) is 2.95. The average molecular weight is 524 g/mol. The lowest BCUT2D eigenvalue weighted by atomic mass is 10.0. The van der Waals surface area contributed by atoms with Gasteiger partial charge in [-0.25, -0.2) is 4.79 Å². The van der Waals surface area contributed by atoms with Crippen molar-refractivity contribution < 1.29 is 19.4 Å². The summed E-state index contributed by atoms with van der Waals surface area (Å²) in [6.07, 6.45) is 0. The summed E-state index contributed by atoms with van der Waals surface area (Å²) in [7, 11) is 6.04. The van der Waals surface area contributed by atoms with Gasteiger partial charge < -0.3 is 25.0 Å². The molecule has 200 valence electrons. The molecule has 0 radical (unpaired) electrons. The summed E-state index contributed by atoms with van der Waals surface area (Å²) in [4.78, 5) is 29.7. The molecular weight excluding hydrogens is 490 g/mol. The van der Waals surface area contributed by atoms with Crippen molar-refractivity contribution in [2.45, 2.75) is 6.61 Å². The Morgan fingerprint density at radius 1 is 0.769 bits per heavy atom. The van der Waals surface area contributed by atoms with Gasteiger partial charge in [-0.1, -0.05) is 66.7 Å². The van der Waals surface area contributed by atoms with E-state index in [0.29, 0.717) is 11.3 Å². The third-order valence-electron chi connectivity index (χ3n) is 6.38. The fraction of sp³-hybridized carbons (Fsp3) is 0.188. The largest absolute Gasteiger partial charge is 0.488 e. The van der Waals surface area contributed by atoms with Crippen molar-refractivity contribution in [2.24, 2.45) is 0 Å².